The number of allylic oxidation sites excluding steroid dienone is 1. The molecule has 0 spiro atoms. The summed E-state index contributed by atoms with van der Waals surface area (Å²) in [4.78, 5) is 0. The van der Waals surface area contributed by atoms with E-state index in [4.69, 9.17) is 0 Å². The van der Waals surface area contributed by atoms with Crippen molar-refractivity contribution in [3.63, 3.8) is 0 Å². The van der Waals surface area contributed by atoms with Gasteiger partial charge in [0.05, 0.1) is 0 Å². The van der Waals surface area contributed by atoms with Crippen LogP contribution in [-0.4, -0.2) is 13.1 Å². The molecule has 1 aliphatic heterocycles. The normalized spacial score (nSPS) is 29.8. The molecule has 1 N–H and O–H groups in total. The Kier molecular flexibility index (Phi) is 2.83. The molecule has 0 bridgehead atoms. The van der Waals surface area contributed by atoms with E-state index >= 15 is 0 Å². The van der Waals surface area contributed by atoms with Gasteiger partial charge in [-0.3, -0.25) is 0 Å². The van der Waals surface area contributed by atoms with Crippen LogP contribution in [0, 0.1) is 5.92 Å². The van der Waals surface area contributed by atoms with Crippen LogP contribution in [0.15, 0.2) is 11.6 Å². The van der Waals surface area contributed by atoms with Gasteiger partial charge >= 0.3 is 0 Å². The van der Waals surface area contributed by atoms with E-state index in [2.05, 4.69) is 11.4 Å². The van der Waals surface area contributed by atoms with Crippen molar-refractivity contribution in [2.24, 2.45) is 5.92 Å². The van der Waals surface area contributed by atoms with Crippen LogP contribution in [0.3, 0.4) is 0 Å². The lowest BCUT2D eigenvalue weighted by Crippen LogP contribution is -2.24. The molecule has 12 heavy (non-hydrogen) atoms. The molecule has 0 unspecified atom stereocenters. The van der Waals surface area contributed by atoms with Crippen molar-refractivity contribution in [3.8, 4) is 0 Å². The molecule has 0 atom stereocenters. The van der Waals surface area contributed by atoms with Gasteiger partial charge < -0.3 is 5.32 Å². The Bertz CT molecular complexity index is 158. The van der Waals surface area contributed by atoms with Gasteiger partial charge in [0.1, 0.15) is 0 Å². The molecule has 2 rings (SSSR count). The molecule has 1 heteroatoms. The van der Waals surface area contributed by atoms with Crippen LogP contribution in [0.5, 0.6) is 0 Å². The molecule has 1 saturated heterocycles. The van der Waals surface area contributed by atoms with E-state index < -0.39 is 0 Å². The quantitative estimate of drug-likeness (QED) is 0.589. The molecular formula is C11H19N. The van der Waals surface area contributed by atoms with E-state index in [9.17, 15) is 0 Å². The molecule has 1 aliphatic carbocycles. The largest absolute Gasteiger partial charge is 0.313 e. The van der Waals surface area contributed by atoms with Crippen LogP contribution in [0.25, 0.3) is 0 Å². The van der Waals surface area contributed by atoms with E-state index in [1.54, 1.807) is 5.57 Å². The summed E-state index contributed by atoms with van der Waals surface area (Å²) in [5.74, 6) is 0.930. The Morgan fingerprint density at radius 1 is 1.17 bits per heavy atom. The van der Waals surface area contributed by atoms with Gasteiger partial charge in [-0.15, -0.1) is 0 Å². The highest BCUT2D eigenvalue weighted by Gasteiger charge is 2.14. The van der Waals surface area contributed by atoms with Crippen LogP contribution in [-0.2, 0) is 0 Å². The van der Waals surface area contributed by atoms with E-state index in [-0.39, 0.29) is 0 Å². The predicted octanol–water partition coefficient (Wildman–Crippen LogP) is 2.49. The zero-order valence-corrected chi connectivity index (χ0v) is 7.81. The summed E-state index contributed by atoms with van der Waals surface area (Å²) in [6, 6.07) is 0. The van der Waals surface area contributed by atoms with Crippen LogP contribution in [0.4, 0.5) is 0 Å². The lowest BCUT2D eigenvalue weighted by atomic mass is 9.99. The minimum atomic E-state index is 0.930. The highest BCUT2D eigenvalue weighted by Crippen LogP contribution is 2.27. The maximum absolute atomic E-state index is 3.44. The molecule has 0 amide bonds. The first-order chi connectivity index (χ1) is 5.95. The third-order valence-electron chi connectivity index (χ3n) is 3.07. The highest BCUT2D eigenvalue weighted by atomic mass is 14.9. The molecule has 1 saturated carbocycles. The Morgan fingerprint density at radius 3 is 2.67 bits per heavy atom. The van der Waals surface area contributed by atoms with Gasteiger partial charge in [-0.1, -0.05) is 24.5 Å². The number of rotatable bonds is 1. The molecule has 0 aromatic carbocycles. The van der Waals surface area contributed by atoms with Gasteiger partial charge in [0.25, 0.3) is 0 Å². The van der Waals surface area contributed by atoms with Crippen LogP contribution >= 0.6 is 0 Å². The van der Waals surface area contributed by atoms with Gasteiger partial charge in [0.15, 0.2) is 0 Å². The van der Waals surface area contributed by atoms with Crippen molar-refractivity contribution in [1.29, 1.82) is 0 Å². The second kappa shape index (κ2) is 4.08. The lowest BCUT2D eigenvalue weighted by molar-refractivity contribution is 0.591. The second-order valence-corrected chi connectivity index (χ2v) is 4.15. The minimum absolute atomic E-state index is 0.930. The van der Waals surface area contributed by atoms with Crippen molar-refractivity contribution in [1.82, 2.24) is 5.32 Å². The SMILES string of the molecule is C(=C1\CCCNC1)/C1CCCC1. The maximum Gasteiger partial charge on any atom is 0.0164 e. The fraction of sp³-hybridized carbons (Fsp3) is 0.818. The number of piperidine rings is 1. The maximum atomic E-state index is 3.44. The molecule has 1 heterocycles. The van der Waals surface area contributed by atoms with E-state index in [1.807, 2.05) is 0 Å². The summed E-state index contributed by atoms with van der Waals surface area (Å²) in [5.41, 5.74) is 1.67. The standard InChI is InChI=1S/C11H19N/c1-2-5-10(4-1)8-11-6-3-7-12-9-11/h8,10,12H,1-7,9H2/b11-8-. The summed E-state index contributed by atoms with van der Waals surface area (Å²) in [5, 5.41) is 3.44. The van der Waals surface area contributed by atoms with Crippen molar-refractivity contribution in [2.45, 2.75) is 38.5 Å². The van der Waals surface area contributed by atoms with Crippen molar-refractivity contribution in [3.05, 3.63) is 11.6 Å². The molecule has 0 aromatic rings. The first kappa shape index (κ1) is 8.31. The summed E-state index contributed by atoms with van der Waals surface area (Å²) in [7, 11) is 0. The van der Waals surface area contributed by atoms with E-state index in [1.165, 1.54) is 45.1 Å². The molecule has 2 fully saturated rings. The Balaban J connectivity index is 1.87. The van der Waals surface area contributed by atoms with Crippen LogP contribution in [0.1, 0.15) is 38.5 Å². The third-order valence-corrected chi connectivity index (χ3v) is 3.07. The van der Waals surface area contributed by atoms with Crippen molar-refractivity contribution >= 4 is 0 Å². The number of hydrogen-bond donors (Lipinski definition) is 1. The average molecular weight is 165 g/mol. The number of nitrogens with one attached hydrogen (secondary N) is 1. The van der Waals surface area contributed by atoms with Gasteiger partial charge in [0, 0.05) is 6.54 Å². The van der Waals surface area contributed by atoms with Gasteiger partial charge in [-0.2, -0.15) is 0 Å². The summed E-state index contributed by atoms with van der Waals surface area (Å²) in [6.07, 6.45) is 11.1. The zero-order valence-electron chi connectivity index (χ0n) is 7.81. The molecule has 1 nitrogen and oxygen atoms in total. The number of hydrogen-bond acceptors (Lipinski definition) is 1. The second-order valence-electron chi connectivity index (χ2n) is 4.15. The Morgan fingerprint density at radius 2 is 2.00 bits per heavy atom. The fourth-order valence-corrected chi connectivity index (χ4v) is 2.38. The minimum Gasteiger partial charge on any atom is -0.313 e. The first-order valence-corrected chi connectivity index (χ1v) is 5.35. The third kappa shape index (κ3) is 2.10. The zero-order chi connectivity index (χ0) is 8.23. The van der Waals surface area contributed by atoms with Gasteiger partial charge in [-0.25, -0.2) is 0 Å². The fourth-order valence-electron chi connectivity index (χ4n) is 2.38. The van der Waals surface area contributed by atoms with Gasteiger partial charge in [-0.05, 0) is 38.1 Å². The van der Waals surface area contributed by atoms with Crippen LogP contribution in [0.2, 0.25) is 0 Å². The molecule has 0 aromatic heterocycles. The monoisotopic (exact) mass is 165 g/mol. The van der Waals surface area contributed by atoms with Gasteiger partial charge in [0.2, 0.25) is 0 Å². The summed E-state index contributed by atoms with van der Waals surface area (Å²) < 4.78 is 0. The summed E-state index contributed by atoms with van der Waals surface area (Å²) >= 11 is 0. The predicted molar refractivity (Wildman–Crippen MR) is 52.1 cm³/mol. The Labute approximate surface area is 75.2 Å². The molecular weight excluding hydrogens is 146 g/mol. The molecule has 2 aliphatic rings. The first-order valence-electron chi connectivity index (χ1n) is 5.35. The highest BCUT2D eigenvalue weighted by molar-refractivity contribution is 5.09. The van der Waals surface area contributed by atoms with E-state index in [0.29, 0.717) is 0 Å². The molecule has 0 radical (unpaired) electrons. The van der Waals surface area contributed by atoms with Crippen LogP contribution < -0.4 is 5.32 Å². The van der Waals surface area contributed by atoms with Crippen molar-refractivity contribution < 1.29 is 0 Å². The van der Waals surface area contributed by atoms with E-state index in [0.717, 1.165) is 12.5 Å². The topological polar surface area (TPSA) is 12.0 Å². The smallest absolute Gasteiger partial charge is 0.0164 e. The lowest BCUT2D eigenvalue weighted by Gasteiger charge is -2.16. The average Bonchev–Trinajstić information content (AvgIpc) is 2.59. The molecule has 68 valence electrons. The summed E-state index contributed by atoms with van der Waals surface area (Å²) in [6.45, 7) is 2.39. The van der Waals surface area contributed by atoms with Crippen molar-refractivity contribution in [2.75, 3.05) is 13.1 Å². The Hall–Kier alpha value is -0.300.